The van der Waals surface area contributed by atoms with Crippen LogP contribution in [0.2, 0.25) is 0 Å². The third kappa shape index (κ3) is 4.18. The van der Waals surface area contributed by atoms with Gasteiger partial charge < -0.3 is 4.74 Å². The minimum Gasteiger partial charge on any atom is -0.462 e. The normalized spacial score (nSPS) is 10.5. The van der Waals surface area contributed by atoms with Crippen molar-refractivity contribution in [1.29, 1.82) is 0 Å². The lowest BCUT2D eigenvalue weighted by molar-refractivity contribution is 0.0526. The molecule has 0 atom stereocenters. The summed E-state index contributed by atoms with van der Waals surface area (Å²) in [5.41, 5.74) is 2.96. The third-order valence-corrected chi connectivity index (χ3v) is 4.29. The molecule has 28 heavy (non-hydrogen) atoms. The highest BCUT2D eigenvalue weighted by molar-refractivity contribution is 5.95. The smallest absolute Gasteiger partial charge is 0.343 e. The largest absolute Gasteiger partial charge is 0.462 e. The Bertz CT molecular complexity index is 944. The van der Waals surface area contributed by atoms with Crippen LogP contribution in [-0.2, 0) is 11.2 Å². The van der Waals surface area contributed by atoms with Gasteiger partial charge in [0.25, 0.3) is 0 Å². The van der Waals surface area contributed by atoms with E-state index >= 15 is 0 Å². The van der Waals surface area contributed by atoms with Crippen molar-refractivity contribution in [2.24, 2.45) is 5.84 Å². The minimum absolute atomic E-state index is 0.232. The standard InChI is InChI=1S/C22H24N4O2/c1-3-10-16-11-8-9-14-19(16)26(23)21-18(22(27)28-4-2)15-24-20(25-21)17-12-6-5-7-13-17/h5-9,11-15H,3-4,10,23H2,1-2H3. The molecule has 0 aliphatic carbocycles. The van der Waals surface area contributed by atoms with Crippen LogP contribution in [0.25, 0.3) is 11.4 Å². The number of nitrogens with zero attached hydrogens (tertiary/aromatic N) is 3. The van der Waals surface area contributed by atoms with Gasteiger partial charge in [0.2, 0.25) is 0 Å². The third-order valence-electron chi connectivity index (χ3n) is 4.29. The van der Waals surface area contributed by atoms with Crippen molar-refractivity contribution >= 4 is 17.5 Å². The van der Waals surface area contributed by atoms with Crippen LogP contribution in [0.4, 0.5) is 11.5 Å². The molecule has 0 fully saturated rings. The summed E-state index contributed by atoms with van der Waals surface area (Å²) in [5, 5.41) is 1.45. The van der Waals surface area contributed by atoms with Gasteiger partial charge in [-0.25, -0.2) is 20.6 Å². The molecule has 0 amide bonds. The quantitative estimate of drug-likeness (QED) is 0.376. The first kappa shape index (κ1) is 19.5. The van der Waals surface area contributed by atoms with Crippen molar-refractivity contribution in [3.63, 3.8) is 0 Å². The lowest BCUT2D eigenvalue weighted by Crippen LogP contribution is -2.29. The van der Waals surface area contributed by atoms with Crippen LogP contribution in [0.15, 0.2) is 60.8 Å². The number of para-hydroxylation sites is 1. The van der Waals surface area contributed by atoms with E-state index in [1.807, 2.05) is 54.6 Å². The van der Waals surface area contributed by atoms with Crippen molar-refractivity contribution in [2.45, 2.75) is 26.7 Å². The number of benzene rings is 2. The fraction of sp³-hybridized carbons (Fsp3) is 0.227. The topological polar surface area (TPSA) is 81.3 Å². The van der Waals surface area contributed by atoms with Crippen LogP contribution < -0.4 is 10.9 Å². The molecule has 6 nitrogen and oxygen atoms in total. The van der Waals surface area contributed by atoms with Crippen molar-refractivity contribution in [3.05, 3.63) is 71.9 Å². The molecule has 0 saturated heterocycles. The summed E-state index contributed by atoms with van der Waals surface area (Å²) in [6, 6.07) is 17.4. The van der Waals surface area contributed by atoms with Gasteiger partial charge in [-0.15, -0.1) is 0 Å². The molecule has 3 rings (SSSR count). The van der Waals surface area contributed by atoms with E-state index in [-0.39, 0.29) is 12.2 Å². The van der Waals surface area contributed by atoms with Crippen LogP contribution in [0.5, 0.6) is 0 Å². The Morgan fingerprint density at radius 2 is 1.79 bits per heavy atom. The Morgan fingerprint density at radius 1 is 1.07 bits per heavy atom. The van der Waals surface area contributed by atoms with E-state index in [4.69, 9.17) is 10.6 Å². The molecule has 0 saturated carbocycles. The van der Waals surface area contributed by atoms with Gasteiger partial charge in [-0.05, 0) is 25.0 Å². The van der Waals surface area contributed by atoms with E-state index in [0.717, 1.165) is 29.7 Å². The number of carbonyl (C=O) groups excluding carboxylic acids is 1. The number of hydrogen-bond donors (Lipinski definition) is 1. The average Bonchev–Trinajstić information content (AvgIpc) is 2.74. The second-order valence-electron chi connectivity index (χ2n) is 6.27. The fourth-order valence-electron chi connectivity index (χ4n) is 2.98. The van der Waals surface area contributed by atoms with Crippen LogP contribution in [0.1, 0.15) is 36.2 Å². The molecule has 0 aliphatic heterocycles. The number of rotatable bonds is 7. The van der Waals surface area contributed by atoms with Gasteiger partial charge in [0.1, 0.15) is 5.56 Å². The number of anilines is 2. The van der Waals surface area contributed by atoms with Crippen LogP contribution in [0.3, 0.4) is 0 Å². The van der Waals surface area contributed by atoms with E-state index in [1.54, 1.807) is 6.92 Å². The minimum atomic E-state index is -0.500. The van der Waals surface area contributed by atoms with Gasteiger partial charge >= 0.3 is 5.97 Å². The van der Waals surface area contributed by atoms with Gasteiger partial charge in [-0.1, -0.05) is 61.9 Å². The number of hydrazine groups is 1. The lowest BCUT2D eigenvalue weighted by atomic mass is 10.1. The summed E-state index contributed by atoms with van der Waals surface area (Å²) in [6.45, 7) is 4.13. The first-order valence-electron chi connectivity index (χ1n) is 9.38. The molecular formula is C22H24N4O2. The number of nitrogens with two attached hydrogens (primary N) is 1. The molecule has 3 aromatic rings. The molecule has 144 valence electrons. The SMILES string of the molecule is CCCc1ccccc1N(N)c1nc(-c2ccccc2)ncc1C(=O)OCC. The maximum atomic E-state index is 12.5. The number of hydrogen-bond acceptors (Lipinski definition) is 6. The number of carbonyl (C=O) groups is 1. The summed E-state index contributed by atoms with van der Waals surface area (Å²) in [5.74, 6) is 6.77. The number of aromatic nitrogens is 2. The highest BCUT2D eigenvalue weighted by Gasteiger charge is 2.22. The molecule has 1 heterocycles. The Kier molecular flexibility index (Phi) is 6.34. The predicted octanol–water partition coefficient (Wildman–Crippen LogP) is 4.28. The molecule has 0 unspecified atom stereocenters. The number of aryl methyl sites for hydroxylation is 1. The zero-order chi connectivity index (χ0) is 19.9. The van der Waals surface area contributed by atoms with E-state index in [9.17, 15) is 4.79 Å². The van der Waals surface area contributed by atoms with Crippen molar-refractivity contribution in [3.8, 4) is 11.4 Å². The van der Waals surface area contributed by atoms with Crippen molar-refractivity contribution < 1.29 is 9.53 Å². The predicted molar refractivity (Wildman–Crippen MR) is 110 cm³/mol. The van der Waals surface area contributed by atoms with Crippen LogP contribution in [-0.4, -0.2) is 22.5 Å². The zero-order valence-corrected chi connectivity index (χ0v) is 16.1. The number of ether oxygens (including phenoxy) is 1. The summed E-state index contributed by atoms with van der Waals surface area (Å²) in [4.78, 5) is 21.4. The summed E-state index contributed by atoms with van der Waals surface area (Å²) < 4.78 is 5.18. The molecule has 6 heteroatoms. The molecule has 2 aromatic carbocycles. The number of esters is 1. The summed E-state index contributed by atoms with van der Waals surface area (Å²) in [6.07, 6.45) is 3.33. The van der Waals surface area contributed by atoms with Crippen molar-refractivity contribution in [2.75, 3.05) is 11.6 Å². The lowest BCUT2D eigenvalue weighted by Gasteiger charge is -2.23. The van der Waals surface area contributed by atoms with Gasteiger partial charge in [-0.2, -0.15) is 0 Å². The fourth-order valence-corrected chi connectivity index (χ4v) is 2.98. The maximum absolute atomic E-state index is 12.5. The Balaban J connectivity index is 2.11. The first-order chi connectivity index (χ1) is 13.7. The Hall–Kier alpha value is -3.25. The molecular weight excluding hydrogens is 352 g/mol. The maximum Gasteiger partial charge on any atom is 0.343 e. The first-order valence-corrected chi connectivity index (χ1v) is 9.38. The monoisotopic (exact) mass is 376 g/mol. The molecule has 0 aliphatic rings. The van der Waals surface area contributed by atoms with Crippen LogP contribution in [0, 0.1) is 0 Å². The van der Waals surface area contributed by atoms with E-state index in [2.05, 4.69) is 16.9 Å². The van der Waals surface area contributed by atoms with Gasteiger partial charge in [0, 0.05) is 11.8 Å². The van der Waals surface area contributed by atoms with Crippen molar-refractivity contribution in [1.82, 2.24) is 9.97 Å². The molecule has 0 radical (unpaired) electrons. The second kappa shape index (κ2) is 9.10. The van der Waals surface area contributed by atoms with Crippen LogP contribution >= 0.6 is 0 Å². The molecule has 2 N–H and O–H groups in total. The zero-order valence-electron chi connectivity index (χ0n) is 16.1. The van der Waals surface area contributed by atoms with Gasteiger partial charge in [0.15, 0.2) is 11.6 Å². The average molecular weight is 376 g/mol. The van der Waals surface area contributed by atoms with E-state index in [0.29, 0.717) is 11.6 Å². The molecule has 0 spiro atoms. The van der Waals surface area contributed by atoms with E-state index < -0.39 is 5.97 Å². The summed E-state index contributed by atoms with van der Waals surface area (Å²) >= 11 is 0. The van der Waals surface area contributed by atoms with E-state index in [1.165, 1.54) is 11.2 Å². The Morgan fingerprint density at radius 3 is 2.50 bits per heavy atom. The second-order valence-corrected chi connectivity index (χ2v) is 6.27. The highest BCUT2D eigenvalue weighted by Crippen LogP contribution is 2.29. The van der Waals surface area contributed by atoms with Gasteiger partial charge in [0.05, 0.1) is 12.3 Å². The molecule has 1 aromatic heterocycles. The van der Waals surface area contributed by atoms with Gasteiger partial charge in [-0.3, -0.25) is 5.01 Å². The highest BCUT2D eigenvalue weighted by atomic mass is 16.5. The molecule has 0 bridgehead atoms. The summed E-state index contributed by atoms with van der Waals surface area (Å²) in [7, 11) is 0. The Labute approximate surface area is 165 Å².